The van der Waals surface area contributed by atoms with Gasteiger partial charge in [0.05, 0.1) is 11.4 Å². The largest absolute Gasteiger partial charge is 0.323 e. The lowest BCUT2D eigenvalue weighted by Gasteiger charge is -2.07. The van der Waals surface area contributed by atoms with Crippen molar-refractivity contribution in [2.75, 3.05) is 10.6 Å². The van der Waals surface area contributed by atoms with Crippen LogP contribution in [0.2, 0.25) is 0 Å². The molecule has 0 aromatic heterocycles. The summed E-state index contributed by atoms with van der Waals surface area (Å²) >= 11 is 0. The summed E-state index contributed by atoms with van der Waals surface area (Å²) in [4.78, 5) is 9.20. The molecule has 0 radical (unpaired) electrons. The second-order valence-electron chi connectivity index (χ2n) is 6.72. The van der Waals surface area contributed by atoms with E-state index < -0.39 is 0 Å². The van der Waals surface area contributed by atoms with Gasteiger partial charge >= 0.3 is 0 Å². The maximum Gasteiger partial charge on any atom is 0.247 e. The number of rotatable bonds is 4. The van der Waals surface area contributed by atoms with Gasteiger partial charge in [-0.1, -0.05) is 72.8 Å². The Morgan fingerprint density at radius 3 is 1.06 bits per heavy atom. The standard InChI is InChI=1S/C26H22N6/c1-5-13-21(14-6-1)27-25(28-22-15-7-2-8-16-22)31-32-26(29-23-17-9-3-10-18-23)30-24-19-11-4-12-20-24/h1-20H,(H,27,28)(H,29,30). The van der Waals surface area contributed by atoms with Crippen molar-refractivity contribution in [3.63, 3.8) is 0 Å². The van der Waals surface area contributed by atoms with E-state index in [0.29, 0.717) is 11.9 Å². The molecule has 0 heterocycles. The van der Waals surface area contributed by atoms with Gasteiger partial charge in [-0.05, 0) is 48.5 Å². The Bertz CT molecular complexity index is 1090. The summed E-state index contributed by atoms with van der Waals surface area (Å²) in [5, 5.41) is 15.2. The van der Waals surface area contributed by atoms with E-state index in [1.165, 1.54) is 0 Å². The van der Waals surface area contributed by atoms with Crippen molar-refractivity contribution < 1.29 is 0 Å². The van der Waals surface area contributed by atoms with Crippen molar-refractivity contribution in [1.29, 1.82) is 0 Å². The van der Waals surface area contributed by atoms with Crippen molar-refractivity contribution in [1.82, 2.24) is 0 Å². The van der Waals surface area contributed by atoms with E-state index in [4.69, 9.17) is 0 Å². The molecular formula is C26H22N6. The topological polar surface area (TPSA) is 73.5 Å². The zero-order chi connectivity index (χ0) is 21.8. The predicted molar refractivity (Wildman–Crippen MR) is 132 cm³/mol. The second-order valence-corrected chi connectivity index (χ2v) is 6.72. The van der Waals surface area contributed by atoms with Crippen molar-refractivity contribution in [3.8, 4) is 0 Å². The first-order chi connectivity index (χ1) is 15.8. The number of guanidine groups is 2. The van der Waals surface area contributed by atoms with Gasteiger partial charge in [-0.15, -0.1) is 10.2 Å². The monoisotopic (exact) mass is 418 g/mol. The van der Waals surface area contributed by atoms with Gasteiger partial charge in [0.1, 0.15) is 0 Å². The molecule has 32 heavy (non-hydrogen) atoms. The van der Waals surface area contributed by atoms with E-state index in [0.717, 1.165) is 22.7 Å². The normalized spacial score (nSPS) is 12.0. The Labute approximate surface area is 187 Å². The highest BCUT2D eigenvalue weighted by molar-refractivity contribution is 5.99. The minimum atomic E-state index is 0.345. The van der Waals surface area contributed by atoms with Crippen molar-refractivity contribution in [3.05, 3.63) is 121 Å². The van der Waals surface area contributed by atoms with Crippen molar-refractivity contribution >= 4 is 34.7 Å². The van der Waals surface area contributed by atoms with Crippen LogP contribution in [0.3, 0.4) is 0 Å². The van der Waals surface area contributed by atoms with Gasteiger partial charge in [-0.3, -0.25) is 0 Å². The molecule has 4 rings (SSSR count). The third-order valence-electron chi connectivity index (χ3n) is 4.28. The summed E-state index contributed by atoms with van der Waals surface area (Å²) in [6.45, 7) is 0. The number of anilines is 2. The number of benzene rings is 4. The molecule has 6 nitrogen and oxygen atoms in total. The van der Waals surface area contributed by atoms with E-state index in [1.807, 2.05) is 121 Å². The van der Waals surface area contributed by atoms with Crippen molar-refractivity contribution in [2.24, 2.45) is 20.2 Å². The maximum atomic E-state index is 4.60. The first kappa shape index (κ1) is 20.7. The van der Waals surface area contributed by atoms with Crippen LogP contribution in [0.25, 0.3) is 0 Å². The summed E-state index contributed by atoms with van der Waals surface area (Å²) in [6, 6.07) is 38.7. The van der Waals surface area contributed by atoms with Crippen LogP contribution in [0, 0.1) is 0 Å². The Morgan fingerprint density at radius 2 is 0.719 bits per heavy atom. The van der Waals surface area contributed by atoms with Gasteiger partial charge in [0.2, 0.25) is 11.9 Å². The zero-order valence-corrected chi connectivity index (χ0v) is 17.3. The Kier molecular flexibility index (Phi) is 7.10. The molecule has 2 N–H and O–H groups in total. The minimum absolute atomic E-state index is 0.345. The van der Waals surface area contributed by atoms with E-state index in [2.05, 4.69) is 30.8 Å². The molecule has 0 saturated heterocycles. The van der Waals surface area contributed by atoms with E-state index in [1.54, 1.807) is 0 Å². The minimum Gasteiger partial charge on any atom is -0.323 e. The van der Waals surface area contributed by atoms with Crippen LogP contribution in [0.5, 0.6) is 0 Å². The fraction of sp³-hybridized carbons (Fsp3) is 0. The van der Waals surface area contributed by atoms with Crippen LogP contribution in [0.1, 0.15) is 0 Å². The molecule has 0 atom stereocenters. The van der Waals surface area contributed by atoms with Crippen molar-refractivity contribution in [2.45, 2.75) is 0 Å². The SMILES string of the molecule is c1ccc(N=C(N=NC(=Nc2ccccc2)Nc2ccccc2)Nc2ccccc2)cc1. The predicted octanol–water partition coefficient (Wildman–Crippen LogP) is 7.04. The number of hydrogen-bond acceptors (Lipinski definition) is 2. The lowest BCUT2D eigenvalue weighted by atomic mass is 10.3. The second kappa shape index (κ2) is 11.0. The van der Waals surface area contributed by atoms with Gasteiger partial charge in [-0.25, -0.2) is 9.98 Å². The highest BCUT2D eigenvalue weighted by Gasteiger charge is 2.03. The summed E-state index contributed by atoms with van der Waals surface area (Å²) in [5.41, 5.74) is 3.25. The molecule has 156 valence electrons. The van der Waals surface area contributed by atoms with Gasteiger partial charge in [-0.2, -0.15) is 0 Å². The molecule has 0 fully saturated rings. The number of aliphatic imine (C=N–C) groups is 2. The van der Waals surface area contributed by atoms with Gasteiger partial charge < -0.3 is 10.6 Å². The average molecular weight is 419 g/mol. The van der Waals surface area contributed by atoms with Crippen LogP contribution < -0.4 is 10.6 Å². The highest BCUT2D eigenvalue weighted by atomic mass is 15.3. The number of nitrogens with one attached hydrogen (secondary N) is 2. The smallest absolute Gasteiger partial charge is 0.247 e. The highest BCUT2D eigenvalue weighted by Crippen LogP contribution is 2.15. The molecule has 0 aliphatic carbocycles. The number of azo groups is 1. The summed E-state index contributed by atoms with van der Waals surface area (Å²) < 4.78 is 0. The van der Waals surface area contributed by atoms with Crippen LogP contribution in [0.4, 0.5) is 22.7 Å². The maximum absolute atomic E-state index is 4.60. The van der Waals surface area contributed by atoms with Gasteiger partial charge in [0, 0.05) is 11.4 Å². The Hall–Kier alpha value is -4.58. The zero-order valence-electron chi connectivity index (χ0n) is 17.3. The Morgan fingerprint density at radius 1 is 0.406 bits per heavy atom. The fourth-order valence-electron chi connectivity index (χ4n) is 2.80. The molecule has 0 spiro atoms. The van der Waals surface area contributed by atoms with Gasteiger partial charge in [0.25, 0.3) is 0 Å². The lowest BCUT2D eigenvalue weighted by Crippen LogP contribution is -2.12. The average Bonchev–Trinajstić information content (AvgIpc) is 2.85. The van der Waals surface area contributed by atoms with Crippen LogP contribution >= 0.6 is 0 Å². The number of para-hydroxylation sites is 4. The van der Waals surface area contributed by atoms with E-state index >= 15 is 0 Å². The van der Waals surface area contributed by atoms with Crippen LogP contribution in [-0.4, -0.2) is 11.9 Å². The molecule has 0 aliphatic heterocycles. The molecule has 0 saturated carbocycles. The lowest BCUT2D eigenvalue weighted by molar-refractivity contribution is 1.26. The van der Waals surface area contributed by atoms with E-state index in [9.17, 15) is 0 Å². The molecule has 0 bridgehead atoms. The first-order valence-corrected chi connectivity index (χ1v) is 10.2. The summed E-state index contributed by atoms with van der Waals surface area (Å²) in [6.07, 6.45) is 0. The molecule has 4 aromatic carbocycles. The molecule has 4 aromatic rings. The number of nitrogens with zero attached hydrogens (tertiary/aromatic N) is 4. The molecule has 6 heteroatoms. The number of hydrogen-bond donors (Lipinski definition) is 2. The molecule has 0 amide bonds. The summed E-state index contributed by atoms with van der Waals surface area (Å²) in [5.74, 6) is 0.691. The van der Waals surface area contributed by atoms with Crippen LogP contribution in [-0.2, 0) is 0 Å². The van der Waals surface area contributed by atoms with Crippen LogP contribution in [0.15, 0.2) is 142 Å². The van der Waals surface area contributed by atoms with Gasteiger partial charge in [0.15, 0.2) is 0 Å². The first-order valence-electron chi connectivity index (χ1n) is 10.2. The quantitative estimate of drug-likeness (QED) is 0.212. The third kappa shape index (κ3) is 6.47. The third-order valence-corrected chi connectivity index (χ3v) is 4.28. The van der Waals surface area contributed by atoms with E-state index in [-0.39, 0.29) is 0 Å². The molecule has 0 unspecified atom stereocenters. The fourth-order valence-corrected chi connectivity index (χ4v) is 2.80. The molecule has 0 aliphatic rings. The molecular weight excluding hydrogens is 396 g/mol. The Balaban J connectivity index is 1.66. The summed E-state index contributed by atoms with van der Waals surface area (Å²) in [7, 11) is 0.